The summed E-state index contributed by atoms with van der Waals surface area (Å²) in [5.74, 6) is -0.229. The summed E-state index contributed by atoms with van der Waals surface area (Å²) in [6.07, 6.45) is 6.97. The zero-order valence-corrected chi connectivity index (χ0v) is 15.5. The molecule has 1 amide bonds. The molecule has 0 unspecified atom stereocenters. The Balaban J connectivity index is 1.56. The molecule has 0 aliphatic carbocycles. The van der Waals surface area contributed by atoms with Crippen LogP contribution in [0.1, 0.15) is 30.1 Å². The molecule has 0 saturated carbocycles. The number of halogens is 1. The predicted molar refractivity (Wildman–Crippen MR) is 104 cm³/mol. The Morgan fingerprint density at radius 1 is 1.04 bits per heavy atom. The highest BCUT2D eigenvalue weighted by Crippen LogP contribution is 2.32. The minimum atomic E-state index is -0.317. The van der Waals surface area contributed by atoms with Crippen LogP contribution >= 0.6 is 0 Å². The highest BCUT2D eigenvalue weighted by Gasteiger charge is 2.28. The van der Waals surface area contributed by atoms with Crippen LogP contribution in [-0.4, -0.2) is 38.8 Å². The van der Waals surface area contributed by atoms with E-state index in [1.165, 1.54) is 6.07 Å². The lowest BCUT2D eigenvalue weighted by Crippen LogP contribution is -2.40. The lowest BCUT2D eigenvalue weighted by Gasteiger charge is -2.33. The number of carbonyl (C=O) groups excluding carboxylic acids is 1. The Morgan fingerprint density at radius 3 is 2.68 bits per heavy atom. The Bertz CT molecular complexity index is 964. The van der Waals surface area contributed by atoms with E-state index in [1.54, 1.807) is 36.8 Å². The third-order valence-electron chi connectivity index (χ3n) is 5.07. The van der Waals surface area contributed by atoms with Gasteiger partial charge in [0.25, 0.3) is 0 Å². The molecule has 1 saturated heterocycles. The Labute approximate surface area is 163 Å². The van der Waals surface area contributed by atoms with Gasteiger partial charge in [0.05, 0.1) is 17.8 Å². The molecule has 1 atom stereocenters. The van der Waals surface area contributed by atoms with Crippen molar-refractivity contribution >= 4 is 5.91 Å². The standard InChI is InChI=1S/C22H21FN4O/c23-19-9-2-1-8-18(19)22-21(25-11-12-26-22)16-6-5-13-27(15-16)20(28)14-17-7-3-4-10-24-17/h1-4,7-12,16H,5-6,13-15H2/t16-/m1/s1. The number of hydrogen-bond acceptors (Lipinski definition) is 4. The van der Waals surface area contributed by atoms with Gasteiger partial charge < -0.3 is 4.90 Å². The number of aromatic nitrogens is 3. The number of hydrogen-bond donors (Lipinski definition) is 0. The largest absolute Gasteiger partial charge is 0.342 e. The van der Waals surface area contributed by atoms with Crippen LogP contribution in [0.2, 0.25) is 0 Å². The zero-order chi connectivity index (χ0) is 19.3. The van der Waals surface area contributed by atoms with Gasteiger partial charge in [-0.15, -0.1) is 0 Å². The topological polar surface area (TPSA) is 59.0 Å². The lowest BCUT2D eigenvalue weighted by atomic mass is 9.91. The van der Waals surface area contributed by atoms with E-state index in [2.05, 4.69) is 15.0 Å². The molecule has 3 heterocycles. The first-order valence-corrected chi connectivity index (χ1v) is 9.46. The van der Waals surface area contributed by atoms with Gasteiger partial charge in [0.2, 0.25) is 5.91 Å². The van der Waals surface area contributed by atoms with Crippen LogP contribution in [0, 0.1) is 5.82 Å². The molecule has 5 nitrogen and oxygen atoms in total. The maximum absolute atomic E-state index is 14.3. The summed E-state index contributed by atoms with van der Waals surface area (Å²) in [7, 11) is 0. The molecule has 0 N–H and O–H groups in total. The van der Waals surface area contributed by atoms with Gasteiger partial charge in [-0.05, 0) is 37.1 Å². The number of nitrogens with zero attached hydrogens (tertiary/aromatic N) is 4. The SMILES string of the molecule is O=C(Cc1ccccn1)N1CCC[C@@H](c2nccnc2-c2ccccc2F)C1. The number of carbonyl (C=O) groups is 1. The summed E-state index contributed by atoms with van der Waals surface area (Å²) in [5.41, 5.74) is 2.52. The fraction of sp³-hybridized carbons (Fsp3) is 0.273. The van der Waals surface area contributed by atoms with E-state index in [1.807, 2.05) is 23.1 Å². The molecule has 28 heavy (non-hydrogen) atoms. The minimum absolute atomic E-state index is 0.0322. The first-order chi connectivity index (χ1) is 13.7. The van der Waals surface area contributed by atoms with Crippen molar-refractivity contribution in [1.29, 1.82) is 0 Å². The summed E-state index contributed by atoms with van der Waals surface area (Å²) >= 11 is 0. The average Bonchev–Trinajstić information content (AvgIpc) is 2.75. The Kier molecular flexibility index (Phi) is 5.37. The van der Waals surface area contributed by atoms with Crippen LogP contribution in [0.25, 0.3) is 11.3 Å². The fourth-order valence-corrected chi connectivity index (χ4v) is 3.70. The predicted octanol–water partition coefficient (Wildman–Crippen LogP) is 3.63. The first-order valence-electron chi connectivity index (χ1n) is 9.46. The molecule has 1 fully saturated rings. The van der Waals surface area contributed by atoms with Crippen molar-refractivity contribution in [3.05, 3.63) is 78.3 Å². The van der Waals surface area contributed by atoms with Gasteiger partial charge in [-0.3, -0.25) is 19.7 Å². The van der Waals surface area contributed by atoms with Crippen molar-refractivity contribution in [2.24, 2.45) is 0 Å². The summed E-state index contributed by atoms with van der Waals surface area (Å²) < 4.78 is 14.3. The number of rotatable bonds is 4. The van der Waals surface area contributed by atoms with Crippen LogP contribution in [-0.2, 0) is 11.2 Å². The highest BCUT2D eigenvalue weighted by atomic mass is 19.1. The van der Waals surface area contributed by atoms with E-state index in [0.717, 1.165) is 30.8 Å². The molecule has 0 spiro atoms. The highest BCUT2D eigenvalue weighted by molar-refractivity contribution is 5.78. The second kappa shape index (κ2) is 8.25. The van der Waals surface area contributed by atoms with Crippen LogP contribution in [0.4, 0.5) is 4.39 Å². The molecule has 2 aromatic heterocycles. The third-order valence-corrected chi connectivity index (χ3v) is 5.07. The zero-order valence-electron chi connectivity index (χ0n) is 15.5. The van der Waals surface area contributed by atoms with Gasteiger partial charge in [-0.25, -0.2) is 4.39 Å². The smallest absolute Gasteiger partial charge is 0.228 e. The van der Waals surface area contributed by atoms with Crippen molar-refractivity contribution in [2.75, 3.05) is 13.1 Å². The van der Waals surface area contributed by atoms with E-state index in [4.69, 9.17) is 0 Å². The first kappa shape index (κ1) is 18.2. The molecule has 3 aromatic rings. The van der Waals surface area contributed by atoms with E-state index < -0.39 is 0 Å². The molecule has 142 valence electrons. The van der Waals surface area contributed by atoms with E-state index in [-0.39, 0.29) is 24.1 Å². The molecule has 1 aliphatic heterocycles. The summed E-state index contributed by atoms with van der Waals surface area (Å²) in [4.78, 5) is 27.8. The normalized spacial score (nSPS) is 16.8. The van der Waals surface area contributed by atoms with Gasteiger partial charge in [0.1, 0.15) is 5.82 Å². The van der Waals surface area contributed by atoms with Gasteiger partial charge in [-0.1, -0.05) is 18.2 Å². The fourth-order valence-electron chi connectivity index (χ4n) is 3.70. The maximum atomic E-state index is 14.3. The van der Waals surface area contributed by atoms with Crippen LogP contribution in [0.3, 0.4) is 0 Å². The molecule has 4 rings (SSSR count). The molecule has 1 aromatic carbocycles. The van der Waals surface area contributed by atoms with Gasteiger partial charge in [-0.2, -0.15) is 0 Å². The summed E-state index contributed by atoms with van der Waals surface area (Å²) in [5, 5.41) is 0. The van der Waals surface area contributed by atoms with E-state index >= 15 is 0 Å². The number of benzene rings is 1. The third kappa shape index (κ3) is 3.91. The molecule has 6 heteroatoms. The van der Waals surface area contributed by atoms with Crippen molar-refractivity contribution in [3.8, 4) is 11.3 Å². The quantitative estimate of drug-likeness (QED) is 0.698. The van der Waals surface area contributed by atoms with Crippen LogP contribution in [0.15, 0.2) is 61.1 Å². The van der Waals surface area contributed by atoms with E-state index in [0.29, 0.717) is 17.8 Å². The van der Waals surface area contributed by atoms with Crippen molar-refractivity contribution < 1.29 is 9.18 Å². The summed E-state index contributed by atoms with van der Waals surface area (Å²) in [6.45, 7) is 1.28. The minimum Gasteiger partial charge on any atom is -0.342 e. The van der Waals surface area contributed by atoms with Crippen LogP contribution in [0.5, 0.6) is 0 Å². The number of amides is 1. The number of piperidine rings is 1. The molecule has 1 aliphatic rings. The number of pyridine rings is 1. The maximum Gasteiger partial charge on any atom is 0.228 e. The Morgan fingerprint density at radius 2 is 1.86 bits per heavy atom. The van der Waals surface area contributed by atoms with E-state index in [9.17, 15) is 9.18 Å². The van der Waals surface area contributed by atoms with Gasteiger partial charge in [0, 0.05) is 48.9 Å². The Hall–Kier alpha value is -3.15. The molecule has 0 bridgehead atoms. The second-order valence-electron chi connectivity index (χ2n) is 6.95. The number of likely N-dealkylation sites (tertiary alicyclic amines) is 1. The van der Waals surface area contributed by atoms with Gasteiger partial charge >= 0.3 is 0 Å². The second-order valence-corrected chi connectivity index (χ2v) is 6.95. The monoisotopic (exact) mass is 376 g/mol. The van der Waals surface area contributed by atoms with Crippen molar-refractivity contribution in [3.63, 3.8) is 0 Å². The average molecular weight is 376 g/mol. The lowest BCUT2D eigenvalue weighted by molar-refractivity contribution is -0.131. The molecule has 0 radical (unpaired) electrons. The summed E-state index contributed by atoms with van der Waals surface area (Å²) in [6, 6.07) is 12.2. The molecular formula is C22H21FN4O. The van der Waals surface area contributed by atoms with Gasteiger partial charge in [0.15, 0.2) is 0 Å². The van der Waals surface area contributed by atoms with Crippen molar-refractivity contribution in [1.82, 2.24) is 19.9 Å². The van der Waals surface area contributed by atoms with Crippen LogP contribution < -0.4 is 0 Å². The molecular weight excluding hydrogens is 355 g/mol. The van der Waals surface area contributed by atoms with Crippen molar-refractivity contribution in [2.45, 2.75) is 25.2 Å².